The number of ether oxygens (including phenoxy) is 2. The van der Waals surface area contributed by atoms with Gasteiger partial charge < -0.3 is 19.9 Å². The Morgan fingerprint density at radius 2 is 1.86 bits per heavy atom. The van der Waals surface area contributed by atoms with Crippen molar-refractivity contribution in [3.05, 3.63) is 12.7 Å². The largest absolute Gasteiger partial charge is 0.445 e. The summed E-state index contributed by atoms with van der Waals surface area (Å²) in [5.74, 6) is -0.452. The molecule has 0 radical (unpaired) electrons. The summed E-state index contributed by atoms with van der Waals surface area (Å²) in [7, 11) is 0. The molecule has 1 heterocycles. The summed E-state index contributed by atoms with van der Waals surface area (Å²) in [5.41, 5.74) is -1.81. The normalized spacial score (nSPS) is 44.9. The Labute approximate surface area is 206 Å². The lowest BCUT2D eigenvalue weighted by Crippen LogP contribution is -2.63. The summed E-state index contributed by atoms with van der Waals surface area (Å²) in [6.07, 6.45) is 0.777. The van der Waals surface area contributed by atoms with Gasteiger partial charge in [-0.1, -0.05) is 33.8 Å². The molecule has 194 valence electrons. The van der Waals surface area contributed by atoms with Gasteiger partial charge in [-0.15, -0.1) is 6.58 Å². The Morgan fingerprint density at radius 3 is 2.49 bits per heavy atom. The molecule has 2 bridgehead atoms. The van der Waals surface area contributed by atoms with E-state index < -0.39 is 41.3 Å². The Balaban J connectivity index is 1.63. The van der Waals surface area contributed by atoms with Crippen LogP contribution in [0.15, 0.2) is 12.7 Å². The van der Waals surface area contributed by atoms with Crippen molar-refractivity contribution in [2.45, 2.75) is 84.5 Å². The van der Waals surface area contributed by atoms with E-state index in [1.807, 2.05) is 20.8 Å². The Bertz CT molecular complexity index is 937. The van der Waals surface area contributed by atoms with E-state index in [0.717, 1.165) is 12.8 Å². The van der Waals surface area contributed by atoms with Gasteiger partial charge >= 0.3 is 12.2 Å². The van der Waals surface area contributed by atoms with E-state index >= 15 is 0 Å². The summed E-state index contributed by atoms with van der Waals surface area (Å²) < 4.78 is 11.1. The molecular weight excluding hydrogens is 452 g/mol. The van der Waals surface area contributed by atoms with Gasteiger partial charge in [-0.05, 0) is 42.9 Å². The molecule has 4 rings (SSSR count). The number of nitrogens with one attached hydrogen (secondary N) is 2. The van der Waals surface area contributed by atoms with Gasteiger partial charge in [0.25, 0.3) is 0 Å². The summed E-state index contributed by atoms with van der Waals surface area (Å²) in [6, 6.07) is 0. The third-order valence-electron chi connectivity index (χ3n) is 9.97. The molecule has 1 saturated heterocycles. The van der Waals surface area contributed by atoms with Crippen LogP contribution in [0, 0.1) is 34.0 Å². The maximum absolute atomic E-state index is 13.4. The molecule has 0 aromatic rings. The van der Waals surface area contributed by atoms with Crippen LogP contribution >= 0.6 is 0 Å². The van der Waals surface area contributed by atoms with Crippen LogP contribution in [0.3, 0.4) is 0 Å². The van der Waals surface area contributed by atoms with Crippen molar-refractivity contribution in [2.75, 3.05) is 6.54 Å². The number of hydrogen-bond donors (Lipinski definition) is 3. The van der Waals surface area contributed by atoms with Crippen LogP contribution in [0.25, 0.3) is 0 Å². The first-order valence-corrected chi connectivity index (χ1v) is 12.7. The van der Waals surface area contributed by atoms with Crippen molar-refractivity contribution < 1.29 is 33.8 Å². The van der Waals surface area contributed by atoms with Gasteiger partial charge in [0, 0.05) is 23.2 Å². The lowest BCUT2D eigenvalue weighted by atomic mass is 9.44. The fourth-order valence-corrected chi connectivity index (χ4v) is 7.59. The second-order valence-electron chi connectivity index (χ2n) is 11.6. The highest BCUT2D eigenvalue weighted by Crippen LogP contribution is 2.67. The second-order valence-corrected chi connectivity index (χ2v) is 11.6. The lowest BCUT2D eigenvalue weighted by molar-refractivity contribution is -0.191. The van der Waals surface area contributed by atoms with Crippen molar-refractivity contribution in [1.29, 1.82) is 0 Å². The van der Waals surface area contributed by atoms with E-state index in [1.54, 1.807) is 6.08 Å². The summed E-state index contributed by atoms with van der Waals surface area (Å²) in [4.78, 5) is 49.9. The third-order valence-corrected chi connectivity index (χ3v) is 9.97. The smallest absolute Gasteiger partial charge is 0.416 e. The summed E-state index contributed by atoms with van der Waals surface area (Å²) in [6.45, 7) is 12.2. The molecule has 3 amide bonds. The zero-order valence-corrected chi connectivity index (χ0v) is 21.1. The molecule has 9 nitrogen and oxygen atoms in total. The van der Waals surface area contributed by atoms with E-state index in [2.05, 4.69) is 24.1 Å². The Morgan fingerprint density at radius 1 is 1.17 bits per heavy atom. The molecule has 9 atom stereocenters. The summed E-state index contributed by atoms with van der Waals surface area (Å²) >= 11 is 0. The van der Waals surface area contributed by atoms with E-state index in [9.17, 15) is 24.3 Å². The van der Waals surface area contributed by atoms with E-state index in [4.69, 9.17) is 9.47 Å². The Hall–Kier alpha value is -2.42. The van der Waals surface area contributed by atoms with E-state index in [0.29, 0.717) is 12.8 Å². The van der Waals surface area contributed by atoms with Gasteiger partial charge in [0.2, 0.25) is 5.91 Å². The second kappa shape index (κ2) is 8.91. The van der Waals surface area contributed by atoms with Crippen molar-refractivity contribution in [3.63, 3.8) is 0 Å². The zero-order valence-electron chi connectivity index (χ0n) is 21.1. The van der Waals surface area contributed by atoms with Crippen LogP contribution in [0.5, 0.6) is 0 Å². The number of imide groups is 1. The maximum atomic E-state index is 13.4. The molecular formula is C26H38N2O7. The van der Waals surface area contributed by atoms with Crippen LogP contribution < -0.4 is 10.6 Å². The molecule has 1 aliphatic heterocycles. The van der Waals surface area contributed by atoms with Gasteiger partial charge in [0.1, 0.15) is 18.0 Å². The SMILES string of the molecule is C=C[C@]1(C)C[C@@H](OC(=O)NC(=O)O[C@@H]2CNC(=O)C2)[C@@]2(C)C(C)CC[C@]3(CCC(=O)[C@H]32)[C@@H](C)[C@@H]1O. The molecule has 0 aromatic heterocycles. The van der Waals surface area contributed by atoms with Gasteiger partial charge in [0.15, 0.2) is 0 Å². The molecule has 35 heavy (non-hydrogen) atoms. The number of carbonyl (C=O) groups excluding carboxylic acids is 4. The Kier molecular flexibility index (Phi) is 6.53. The fraction of sp³-hybridized carbons (Fsp3) is 0.769. The standard InChI is InChI=1S/C26H38N2O7/c1-6-24(4)12-18(35-23(33)28-22(32)34-16-11-19(30)27-13-16)25(5)14(2)7-9-26(15(3)21(24)31)10-8-17(29)20(25)26/h6,14-16,18,20-21,31H,1,7-13H2,2-5H3,(H,27,30)(H,28,32,33)/t14?,15-,16-,18+,20-,21-,24+,25+,26-/m0/s1. The highest BCUT2D eigenvalue weighted by Gasteiger charge is 2.68. The lowest BCUT2D eigenvalue weighted by Gasteiger charge is -2.61. The van der Waals surface area contributed by atoms with Crippen molar-refractivity contribution in [2.24, 2.45) is 34.0 Å². The molecule has 4 aliphatic rings. The number of aliphatic hydroxyl groups excluding tert-OH is 1. The van der Waals surface area contributed by atoms with Crippen molar-refractivity contribution >= 4 is 23.9 Å². The quantitative estimate of drug-likeness (QED) is 0.518. The minimum atomic E-state index is -0.990. The van der Waals surface area contributed by atoms with Crippen molar-refractivity contribution in [3.8, 4) is 0 Å². The molecule has 3 N–H and O–H groups in total. The van der Waals surface area contributed by atoms with Gasteiger partial charge in [0.05, 0.1) is 19.1 Å². The number of Topliss-reactive ketones (excluding diaryl/α,β-unsaturated/α-hetero) is 1. The molecule has 9 heteroatoms. The number of rotatable bonds is 3. The number of ketones is 1. The molecule has 0 spiro atoms. The predicted octanol–water partition coefficient (Wildman–Crippen LogP) is 3.10. The molecule has 3 saturated carbocycles. The van der Waals surface area contributed by atoms with E-state index in [1.165, 1.54) is 0 Å². The van der Waals surface area contributed by atoms with Crippen LogP contribution in [0.2, 0.25) is 0 Å². The third kappa shape index (κ3) is 4.05. The minimum Gasteiger partial charge on any atom is -0.445 e. The van der Waals surface area contributed by atoms with Crippen LogP contribution in [0.4, 0.5) is 9.59 Å². The minimum absolute atomic E-state index is 0.0420. The van der Waals surface area contributed by atoms with Crippen molar-refractivity contribution in [1.82, 2.24) is 10.6 Å². The molecule has 1 unspecified atom stereocenters. The highest BCUT2D eigenvalue weighted by atomic mass is 16.6. The monoisotopic (exact) mass is 490 g/mol. The van der Waals surface area contributed by atoms with Gasteiger partial charge in [-0.2, -0.15) is 0 Å². The number of hydrogen-bond acceptors (Lipinski definition) is 7. The number of aliphatic hydroxyl groups is 1. The maximum Gasteiger partial charge on any atom is 0.416 e. The number of carbonyl (C=O) groups is 4. The van der Waals surface area contributed by atoms with Gasteiger partial charge in [-0.3, -0.25) is 9.59 Å². The summed E-state index contributed by atoms with van der Waals surface area (Å²) in [5, 5.41) is 16.2. The van der Waals surface area contributed by atoms with Crippen LogP contribution in [-0.2, 0) is 19.1 Å². The van der Waals surface area contributed by atoms with Crippen LogP contribution in [0.1, 0.15) is 66.2 Å². The average Bonchev–Trinajstić information content (AvgIpc) is 3.37. The number of amides is 3. The fourth-order valence-electron chi connectivity index (χ4n) is 7.59. The number of alkyl carbamates (subject to hydrolysis) is 2. The first kappa shape index (κ1) is 25.7. The molecule has 0 aromatic carbocycles. The molecule has 4 fully saturated rings. The van der Waals surface area contributed by atoms with Gasteiger partial charge in [-0.25, -0.2) is 14.9 Å². The predicted molar refractivity (Wildman–Crippen MR) is 126 cm³/mol. The zero-order chi connectivity index (χ0) is 25.8. The van der Waals surface area contributed by atoms with Crippen LogP contribution in [-0.4, -0.2) is 53.8 Å². The highest BCUT2D eigenvalue weighted by molar-refractivity contribution is 5.88. The average molecular weight is 491 g/mol. The van der Waals surface area contributed by atoms with E-state index in [-0.39, 0.29) is 54.2 Å². The topological polar surface area (TPSA) is 131 Å². The first-order chi connectivity index (χ1) is 16.4. The first-order valence-electron chi connectivity index (χ1n) is 12.7. The molecule has 3 aliphatic carbocycles.